The van der Waals surface area contributed by atoms with Crippen molar-refractivity contribution >= 4 is 5.82 Å². The van der Waals surface area contributed by atoms with Crippen LogP contribution in [0.2, 0.25) is 0 Å². The molecule has 14 heavy (non-hydrogen) atoms. The summed E-state index contributed by atoms with van der Waals surface area (Å²) in [6.45, 7) is 4.37. The van der Waals surface area contributed by atoms with Gasteiger partial charge in [-0.05, 0) is 18.8 Å². The minimum Gasteiger partial charge on any atom is -0.384 e. The molecular formula is C9H19N5. The van der Waals surface area contributed by atoms with Gasteiger partial charge in [0.05, 0.1) is 12.2 Å². The van der Waals surface area contributed by atoms with E-state index >= 15 is 0 Å². The fraction of sp³-hybridized carbons (Fsp3) is 0.667. The lowest BCUT2D eigenvalue weighted by Gasteiger charge is -2.15. The maximum atomic E-state index is 5.71. The van der Waals surface area contributed by atoms with E-state index < -0.39 is 0 Å². The predicted molar refractivity (Wildman–Crippen MR) is 57.1 cm³/mol. The Balaban J connectivity index is 2.58. The maximum absolute atomic E-state index is 5.71. The van der Waals surface area contributed by atoms with Gasteiger partial charge in [-0.15, -0.1) is 0 Å². The van der Waals surface area contributed by atoms with Crippen molar-refractivity contribution in [2.24, 2.45) is 11.8 Å². The molecule has 0 saturated heterocycles. The van der Waals surface area contributed by atoms with Crippen LogP contribution in [0.25, 0.3) is 0 Å². The first-order valence-corrected chi connectivity index (χ1v) is 4.90. The summed E-state index contributed by atoms with van der Waals surface area (Å²) in [4.78, 5) is 0. The largest absolute Gasteiger partial charge is 0.384 e. The van der Waals surface area contributed by atoms with Gasteiger partial charge in [0.15, 0.2) is 0 Å². The number of anilines is 1. The zero-order valence-electron chi connectivity index (χ0n) is 8.75. The van der Waals surface area contributed by atoms with Crippen molar-refractivity contribution in [1.82, 2.24) is 15.6 Å². The molecule has 0 aliphatic heterocycles. The lowest BCUT2D eigenvalue weighted by atomic mass is 10.00. The van der Waals surface area contributed by atoms with E-state index in [-0.39, 0.29) is 6.04 Å². The molecule has 0 aliphatic rings. The number of nitrogens with two attached hydrogens (primary N) is 2. The summed E-state index contributed by atoms with van der Waals surface area (Å²) < 4.78 is 0. The van der Waals surface area contributed by atoms with Gasteiger partial charge in [-0.3, -0.25) is 16.4 Å². The van der Waals surface area contributed by atoms with E-state index in [1.165, 1.54) is 0 Å². The smallest absolute Gasteiger partial charge is 0.123 e. The molecular weight excluding hydrogens is 178 g/mol. The molecule has 1 rings (SSSR count). The highest BCUT2D eigenvalue weighted by atomic mass is 15.2. The van der Waals surface area contributed by atoms with Crippen LogP contribution in [0.3, 0.4) is 0 Å². The first-order valence-electron chi connectivity index (χ1n) is 4.90. The van der Waals surface area contributed by atoms with Gasteiger partial charge in [-0.25, -0.2) is 0 Å². The minimum atomic E-state index is 0.0937. The fourth-order valence-electron chi connectivity index (χ4n) is 1.41. The van der Waals surface area contributed by atoms with Crippen LogP contribution in [0.4, 0.5) is 5.82 Å². The van der Waals surface area contributed by atoms with Crippen molar-refractivity contribution in [2.75, 3.05) is 5.73 Å². The molecule has 5 nitrogen and oxygen atoms in total. The van der Waals surface area contributed by atoms with Gasteiger partial charge in [-0.1, -0.05) is 13.8 Å². The molecule has 80 valence electrons. The van der Waals surface area contributed by atoms with E-state index in [9.17, 15) is 0 Å². The number of nitrogen functional groups attached to an aromatic ring is 1. The fourth-order valence-corrected chi connectivity index (χ4v) is 1.41. The standard InChI is InChI=1S/C9H19N5/c1-6(2)3-4-8(13-11)7-5-12-14-9(7)10/h5-6,8,13H,3-4,11H2,1-2H3,(H3,10,12,14). The Morgan fingerprint density at radius 1 is 1.50 bits per heavy atom. The van der Waals surface area contributed by atoms with Gasteiger partial charge >= 0.3 is 0 Å². The van der Waals surface area contributed by atoms with E-state index in [0.717, 1.165) is 18.4 Å². The number of H-pyrrole nitrogens is 1. The van der Waals surface area contributed by atoms with Crippen molar-refractivity contribution in [3.05, 3.63) is 11.8 Å². The molecule has 1 aromatic heterocycles. The average molecular weight is 197 g/mol. The Hall–Kier alpha value is -1.07. The second-order valence-electron chi connectivity index (χ2n) is 3.93. The Labute approximate surface area is 84.2 Å². The Kier molecular flexibility index (Phi) is 3.91. The summed E-state index contributed by atoms with van der Waals surface area (Å²) in [5, 5.41) is 6.58. The summed E-state index contributed by atoms with van der Waals surface area (Å²) in [7, 11) is 0. The lowest BCUT2D eigenvalue weighted by Crippen LogP contribution is -2.28. The Morgan fingerprint density at radius 2 is 2.21 bits per heavy atom. The highest BCUT2D eigenvalue weighted by molar-refractivity contribution is 5.39. The number of hydrogen-bond acceptors (Lipinski definition) is 4. The number of hydrogen-bond donors (Lipinski definition) is 4. The van der Waals surface area contributed by atoms with Crippen LogP contribution in [0.5, 0.6) is 0 Å². The van der Waals surface area contributed by atoms with E-state index in [2.05, 4.69) is 29.5 Å². The number of nitrogens with one attached hydrogen (secondary N) is 2. The van der Waals surface area contributed by atoms with Crippen LogP contribution in [-0.2, 0) is 0 Å². The van der Waals surface area contributed by atoms with Crippen molar-refractivity contribution in [2.45, 2.75) is 32.7 Å². The lowest BCUT2D eigenvalue weighted by molar-refractivity contribution is 0.449. The molecule has 1 aromatic rings. The SMILES string of the molecule is CC(C)CCC(NN)c1cn[nH]c1N. The van der Waals surface area contributed by atoms with Gasteiger partial charge < -0.3 is 5.73 Å². The van der Waals surface area contributed by atoms with Crippen molar-refractivity contribution in [1.29, 1.82) is 0 Å². The molecule has 1 heterocycles. The summed E-state index contributed by atoms with van der Waals surface area (Å²) >= 11 is 0. The molecule has 0 radical (unpaired) electrons. The van der Waals surface area contributed by atoms with Crippen LogP contribution in [0.15, 0.2) is 6.20 Å². The number of hydrazine groups is 1. The second-order valence-corrected chi connectivity index (χ2v) is 3.93. The summed E-state index contributed by atoms with van der Waals surface area (Å²) in [6, 6.07) is 0.0937. The van der Waals surface area contributed by atoms with Gasteiger partial charge in [0.2, 0.25) is 0 Å². The number of nitrogens with zero attached hydrogens (tertiary/aromatic N) is 1. The molecule has 0 aromatic carbocycles. The minimum absolute atomic E-state index is 0.0937. The monoisotopic (exact) mass is 197 g/mol. The zero-order chi connectivity index (χ0) is 10.6. The van der Waals surface area contributed by atoms with E-state index in [4.69, 9.17) is 11.6 Å². The quantitative estimate of drug-likeness (QED) is 0.417. The molecule has 0 bridgehead atoms. The van der Waals surface area contributed by atoms with Gasteiger partial charge in [0, 0.05) is 5.56 Å². The molecule has 0 amide bonds. The molecule has 1 atom stereocenters. The Morgan fingerprint density at radius 3 is 2.64 bits per heavy atom. The van der Waals surface area contributed by atoms with Gasteiger partial charge in [-0.2, -0.15) is 5.10 Å². The normalized spacial score (nSPS) is 13.4. The van der Waals surface area contributed by atoms with E-state index in [0.29, 0.717) is 11.7 Å². The summed E-state index contributed by atoms with van der Waals surface area (Å²) in [6.07, 6.45) is 3.80. The second kappa shape index (κ2) is 4.97. The molecule has 5 heteroatoms. The molecule has 0 saturated carbocycles. The summed E-state index contributed by atoms with van der Waals surface area (Å²) in [5.41, 5.74) is 9.42. The molecule has 0 fully saturated rings. The highest BCUT2D eigenvalue weighted by Gasteiger charge is 2.14. The third kappa shape index (κ3) is 2.71. The van der Waals surface area contributed by atoms with E-state index in [1.54, 1.807) is 6.20 Å². The molecule has 6 N–H and O–H groups in total. The maximum Gasteiger partial charge on any atom is 0.123 e. The molecule has 0 aliphatic carbocycles. The van der Waals surface area contributed by atoms with Crippen LogP contribution in [0, 0.1) is 5.92 Å². The first-order chi connectivity index (χ1) is 6.65. The zero-order valence-corrected chi connectivity index (χ0v) is 8.75. The van der Waals surface area contributed by atoms with Crippen LogP contribution >= 0.6 is 0 Å². The Bertz CT molecular complexity index is 268. The molecule has 0 spiro atoms. The van der Waals surface area contributed by atoms with Crippen LogP contribution in [-0.4, -0.2) is 10.2 Å². The predicted octanol–water partition coefficient (Wildman–Crippen LogP) is 0.932. The van der Waals surface area contributed by atoms with Crippen molar-refractivity contribution in [3.63, 3.8) is 0 Å². The topological polar surface area (TPSA) is 92.7 Å². The van der Waals surface area contributed by atoms with Gasteiger partial charge in [0.25, 0.3) is 0 Å². The van der Waals surface area contributed by atoms with Crippen molar-refractivity contribution in [3.8, 4) is 0 Å². The van der Waals surface area contributed by atoms with E-state index in [1.807, 2.05) is 0 Å². The average Bonchev–Trinajstić information content (AvgIpc) is 2.53. The van der Waals surface area contributed by atoms with Crippen molar-refractivity contribution < 1.29 is 0 Å². The first kappa shape index (κ1) is 11.0. The molecule has 1 unspecified atom stereocenters. The third-order valence-corrected chi connectivity index (χ3v) is 2.31. The highest BCUT2D eigenvalue weighted by Crippen LogP contribution is 2.23. The van der Waals surface area contributed by atoms with Gasteiger partial charge in [0.1, 0.15) is 5.82 Å². The number of rotatable bonds is 5. The van der Waals surface area contributed by atoms with Crippen LogP contribution < -0.4 is 17.0 Å². The number of aromatic amines is 1. The number of aromatic nitrogens is 2. The summed E-state index contributed by atoms with van der Waals surface area (Å²) in [5.74, 6) is 6.73. The third-order valence-electron chi connectivity index (χ3n) is 2.31. The van der Waals surface area contributed by atoms with Crippen LogP contribution in [0.1, 0.15) is 38.3 Å².